The van der Waals surface area contributed by atoms with Gasteiger partial charge in [0.15, 0.2) is 0 Å². The van der Waals surface area contributed by atoms with E-state index in [9.17, 15) is 0 Å². The summed E-state index contributed by atoms with van der Waals surface area (Å²) < 4.78 is 5.25. The molecule has 0 saturated carbocycles. The Morgan fingerprint density at radius 3 is 3.07 bits per heavy atom. The Bertz CT molecular complexity index is 322. The summed E-state index contributed by atoms with van der Waals surface area (Å²) in [5.74, 6) is 1.56. The summed E-state index contributed by atoms with van der Waals surface area (Å²) in [6, 6.07) is 6.42. The molecule has 2 rings (SSSR count). The van der Waals surface area contributed by atoms with E-state index in [4.69, 9.17) is 4.74 Å². The van der Waals surface area contributed by atoms with Crippen molar-refractivity contribution in [1.82, 2.24) is 5.32 Å². The average Bonchev–Trinajstić information content (AvgIpc) is 2.40. The molecule has 0 unspecified atom stereocenters. The molecule has 0 saturated heterocycles. The van der Waals surface area contributed by atoms with Gasteiger partial charge in [0.1, 0.15) is 5.75 Å². The second kappa shape index (κ2) is 4.01. The number of hydrogen-bond donors (Lipinski definition) is 1. The molecule has 1 heterocycles. The first-order valence-electron chi connectivity index (χ1n) is 5.19. The monoisotopic (exact) mass is 191 g/mol. The van der Waals surface area contributed by atoms with Crippen molar-refractivity contribution in [2.75, 3.05) is 20.2 Å². The lowest BCUT2D eigenvalue weighted by Gasteiger charge is -2.13. The van der Waals surface area contributed by atoms with Gasteiger partial charge in [-0.3, -0.25) is 0 Å². The summed E-state index contributed by atoms with van der Waals surface area (Å²) in [6.45, 7) is 4.42. The molecule has 14 heavy (non-hydrogen) atoms. The summed E-state index contributed by atoms with van der Waals surface area (Å²) in [5, 5.41) is 3.44. The highest BCUT2D eigenvalue weighted by atomic mass is 16.5. The first kappa shape index (κ1) is 9.53. The number of rotatable bonds is 1. The highest BCUT2D eigenvalue weighted by Gasteiger charge is 2.14. The number of hydrogen-bond acceptors (Lipinski definition) is 2. The van der Waals surface area contributed by atoms with Gasteiger partial charge in [-0.25, -0.2) is 0 Å². The van der Waals surface area contributed by atoms with Crippen molar-refractivity contribution in [2.45, 2.75) is 19.3 Å². The van der Waals surface area contributed by atoms with Gasteiger partial charge in [0.05, 0.1) is 7.11 Å². The van der Waals surface area contributed by atoms with Gasteiger partial charge in [0, 0.05) is 6.54 Å². The van der Waals surface area contributed by atoms with Gasteiger partial charge in [-0.05, 0) is 42.1 Å². The third-order valence-electron chi connectivity index (χ3n) is 2.91. The fourth-order valence-corrected chi connectivity index (χ4v) is 2.04. The molecule has 2 nitrogen and oxygen atoms in total. The van der Waals surface area contributed by atoms with Gasteiger partial charge in [-0.15, -0.1) is 0 Å². The average molecular weight is 191 g/mol. The number of benzene rings is 1. The Hall–Kier alpha value is -1.02. The van der Waals surface area contributed by atoms with Crippen molar-refractivity contribution in [3.8, 4) is 5.75 Å². The molecule has 76 valence electrons. The van der Waals surface area contributed by atoms with Gasteiger partial charge < -0.3 is 10.1 Å². The maximum Gasteiger partial charge on any atom is 0.119 e. The Balaban J connectivity index is 2.39. The van der Waals surface area contributed by atoms with Crippen LogP contribution in [0.1, 0.15) is 24.0 Å². The van der Waals surface area contributed by atoms with E-state index in [1.165, 1.54) is 11.1 Å². The molecule has 0 aromatic heterocycles. The minimum atomic E-state index is 0.586. The normalized spacial score (nSPS) is 21.1. The van der Waals surface area contributed by atoms with Gasteiger partial charge in [0.2, 0.25) is 0 Å². The van der Waals surface area contributed by atoms with Gasteiger partial charge in [-0.1, -0.05) is 13.0 Å². The predicted octanol–water partition coefficient (Wildman–Crippen LogP) is 1.94. The molecule has 0 fully saturated rings. The first-order valence-corrected chi connectivity index (χ1v) is 5.19. The van der Waals surface area contributed by atoms with Crippen LogP contribution in [-0.2, 0) is 6.42 Å². The number of fused-ring (bicyclic) bond motifs is 1. The van der Waals surface area contributed by atoms with Crippen LogP contribution in [0.2, 0.25) is 0 Å². The van der Waals surface area contributed by atoms with Crippen molar-refractivity contribution >= 4 is 0 Å². The lowest BCUT2D eigenvalue weighted by Crippen LogP contribution is -2.18. The van der Waals surface area contributed by atoms with Crippen LogP contribution in [-0.4, -0.2) is 20.2 Å². The molecule has 0 radical (unpaired) electrons. The molecule has 0 aliphatic carbocycles. The van der Waals surface area contributed by atoms with E-state index in [-0.39, 0.29) is 0 Å². The van der Waals surface area contributed by atoms with Crippen molar-refractivity contribution in [3.05, 3.63) is 29.3 Å². The van der Waals surface area contributed by atoms with Gasteiger partial charge in [-0.2, -0.15) is 0 Å². The van der Waals surface area contributed by atoms with Crippen LogP contribution in [0.25, 0.3) is 0 Å². The second-order valence-corrected chi connectivity index (χ2v) is 3.92. The second-order valence-electron chi connectivity index (χ2n) is 3.92. The molecule has 0 spiro atoms. The topological polar surface area (TPSA) is 21.3 Å². The molecular weight excluding hydrogens is 174 g/mol. The van der Waals surface area contributed by atoms with E-state index in [0.29, 0.717) is 5.92 Å². The molecule has 1 aromatic carbocycles. The van der Waals surface area contributed by atoms with Crippen LogP contribution in [0, 0.1) is 0 Å². The SMILES string of the molecule is COc1ccc2c(c1)[C@H](C)CNCC2. The summed E-state index contributed by atoms with van der Waals surface area (Å²) in [5.41, 5.74) is 2.90. The Kier molecular flexibility index (Phi) is 2.73. The molecule has 1 atom stereocenters. The molecule has 1 aliphatic heterocycles. The van der Waals surface area contributed by atoms with Crippen molar-refractivity contribution in [2.24, 2.45) is 0 Å². The van der Waals surface area contributed by atoms with Crippen LogP contribution in [0.15, 0.2) is 18.2 Å². The first-order chi connectivity index (χ1) is 6.81. The largest absolute Gasteiger partial charge is 0.497 e. The third-order valence-corrected chi connectivity index (χ3v) is 2.91. The smallest absolute Gasteiger partial charge is 0.119 e. The quantitative estimate of drug-likeness (QED) is 0.732. The number of ether oxygens (including phenoxy) is 1. The highest BCUT2D eigenvalue weighted by Crippen LogP contribution is 2.26. The zero-order valence-corrected chi connectivity index (χ0v) is 8.84. The number of methoxy groups -OCH3 is 1. The molecule has 1 aromatic rings. The molecule has 2 heteroatoms. The fraction of sp³-hybridized carbons (Fsp3) is 0.500. The lowest BCUT2D eigenvalue weighted by atomic mass is 9.95. The maximum atomic E-state index is 5.25. The minimum absolute atomic E-state index is 0.586. The molecule has 0 amide bonds. The van der Waals surface area contributed by atoms with Crippen LogP contribution in [0.3, 0.4) is 0 Å². The predicted molar refractivity (Wildman–Crippen MR) is 58.0 cm³/mol. The minimum Gasteiger partial charge on any atom is -0.497 e. The molecule has 1 N–H and O–H groups in total. The maximum absolute atomic E-state index is 5.25. The zero-order valence-electron chi connectivity index (χ0n) is 8.84. The highest BCUT2D eigenvalue weighted by molar-refractivity contribution is 5.38. The van der Waals surface area contributed by atoms with Crippen molar-refractivity contribution < 1.29 is 4.74 Å². The summed E-state index contributed by atoms with van der Waals surface area (Å²) in [4.78, 5) is 0. The van der Waals surface area contributed by atoms with Crippen LogP contribution >= 0.6 is 0 Å². The number of nitrogens with one attached hydrogen (secondary N) is 1. The fourth-order valence-electron chi connectivity index (χ4n) is 2.04. The van der Waals surface area contributed by atoms with E-state index in [2.05, 4.69) is 30.4 Å². The lowest BCUT2D eigenvalue weighted by molar-refractivity contribution is 0.413. The standard InChI is InChI=1S/C12H17NO/c1-9-8-13-6-5-10-3-4-11(14-2)7-12(9)10/h3-4,7,9,13H,5-6,8H2,1-2H3/t9-/m1/s1. The summed E-state index contributed by atoms with van der Waals surface area (Å²) >= 11 is 0. The third kappa shape index (κ3) is 1.75. The van der Waals surface area contributed by atoms with E-state index in [1.807, 2.05) is 0 Å². The van der Waals surface area contributed by atoms with Gasteiger partial charge >= 0.3 is 0 Å². The van der Waals surface area contributed by atoms with Crippen LogP contribution in [0.5, 0.6) is 5.75 Å². The zero-order chi connectivity index (χ0) is 9.97. The van der Waals surface area contributed by atoms with Crippen LogP contribution in [0.4, 0.5) is 0 Å². The Morgan fingerprint density at radius 2 is 2.29 bits per heavy atom. The summed E-state index contributed by atoms with van der Waals surface area (Å²) in [6.07, 6.45) is 1.13. The van der Waals surface area contributed by atoms with E-state index >= 15 is 0 Å². The molecule has 0 bridgehead atoms. The Labute approximate surface area is 85.3 Å². The van der Waals surface area contributed by atoms with E-state index < -0.39 is 0 Å². The van der Waals surface area contributed by atoms with Gasteiger partial charge in [0.25, 0.3) is 0 Å². The Morgan fingerprint density at radius 1 is 1.43 bits per heavy atom. The van der Waals surface area contributed by atoms with E-state index in [1.54, 1.807) is 7.11 Å². The molecule has 1 aliphatic rings. The van der Waals surface area contributed by atoms with Crippen molar-refractivity contribution in [1.29, 1.82) is 0 Å². The van der Waals surface area contributed by atoms with Crippen LogP contribution < -0.4 is 10.1 Å². The van der Waals surface area contributed by atoms with E-state index in [0.717, 1.165) is 25.3 Å². The molecular formula is C12H17NO. The van der Waals surface area contributed by atoms with Crippen molar-refractivity contribution in [3.63, 3.8) is 0 Å². The summed E-state index contributed by atoms with van der Waals surface area (Å²) in [7, 11) is 1.72.